The molecule has 0 amide bonds. The molecule has 0 saturated carbocycles. The monoisotopic (exact) mass is 344 g/mol. The van der Waals surface area contributed by atoms with E-state index in [4.69, 9.17) is 4.74 Å². The predicted octanol–water partition coefficient (Wildman–Crippen LogP) is 4.79. The first-order valence-electron chi connectivity index (χ1n) is 8.79. The Morgan fingerprint density at radius 3 is 2.62 bits per heavy atom. The minimum atomic E-state index is -0.373. The second-order valence-electron chi connectivity index (χ2n) is 6.37. The van der Waals surface area contributed by atoms with E-state index in [2.05, 4.69) is 52.4 Å². The van der Waals surface area contributed by atoms with Crippen LogP contribution >= 0.6 is 0 Å². The number of rotatable bonds is 4. The van der Waals surface area contributed by atoms with Gasteiger partial charge in [0.2, 0.25) is 0 Å². The number of hydrogen-bond acceptors (Lipinski definition) is 3. The van der Waals surface area contributed by atoms with Gasteiger partial charge in [-0.05, 0) is 43.0 Å². The van der Waals surface area contributed by atoms with Crippen molar-refractivity contribution in [2.75, 3.05) is 6.61 Å². The van der Waals surface area contributed by atoms with Crippen LogP contribution in [0.3, 0.4) is 0 Å². The van der Waals surface area contributed by atoms with Gasteiger partial charge in [-0.25, -0.2) is 9.78 Å². The highest BCUT2D eigenvalue weighted by atomic mass is 16.5. The van der Waals surface area contributed by atoms with Crippen LogP contribution in [0.25, 0.3) is 21.8 Å². The lowest BCUT2D eigenvalue weighted by Crippen LogP contribution is -2.09. The van der Waals surface area contributed by atoms with Gasteiger partial charge in [0.15, 0.2) is 5.69 Å². The summed E-state index contributed by atoms with van der Waals surface area (Å²) in [6.45, 7) is 4.08. The average Bonchev–Trinajstić information content (AvgIpc) is 3.03. The van der Waals surface area contributed by atoms with Crippen LogP contribution in [0.5, 0.6) is 0 Å². The fraction of sp³-hybridized carbons (Fsp3) is 0.182. The molecule has 0 aliphatic heterocycles. The molecule has 2 aromatic carbocycles. The third kappa shape index (κ3) is 2.73. The Morgan fingerprint density at radius 2 is 1.85 bits per heavy atom. The SMILES string of the molecule is CCOC(=O)c1ncc2[nH]c3cccc(Cc4ccccc4)c3c2c1C. The summed E-state index contributed by atoms with van der Waals surface area (Å²) in [7, 11) is 0. The van der Waals surface area contributed by atoms with Crippen LogP contribution in [-0.4, -0.2) is 22.5 Å². The van der Waals surface area contributed by atoms with E-state index in [1.54, 1.807) is 13.1 Å². The molecular formula is C22H20N2O2. The van der Waals surface area contributed by atoms with Crippen LogP contribution in [0.2, 0.25) is 0 Å². The maximum absolute atomic E-state index is 12.2. The summed E-state index contributed by atoms with van der Waals surface area (Å²) in [6.07, 6.45) is 2.56. The highest BCUT2D eigenvalue weighted by Crippen LogP contribution is 2.32. The minimum absolute atomic E-state index is 0.338. The molecule has 0 aliphatic rings. The number of nitrogens with one attached hydrogen (secondary N) is 1. The smallest absolute Gasteiger partial charge is 0.357 e. The summed E-state index contributed by atoms with van der Waals surface area (Å²) in [5.41, 5.74) is 5.71. The zero-order valence-electron chi connectivity index (χ0n) is 14.9. The molecule has 0 aliphatic carbocycles. The third-order valence-electron chi connectivity index (χ3n) is 4.70. The molecule has 1 N–H and O–H groups in total. The van der Waals surface area contributed by atoms with Gasteiger partial charge in [0.25, 0.3) is 0 Å². The van der Waals surface area contributed by atoms with Crippen molar-refractivity contribution in [3.63, 3.8) is 0 Å². The second-order valence-corrected chi connectivity index (χ2v) is 6.37. The van der Waals surface area contributed by atoms with Crippen molar-refractivity contribution >= 4 is 27.8 Å². The number of H-pyrrole nitrogens is 1. The largest absolute Gasteiger partial charge is 0.461 e. The van der Waals surface area contributed by atoms with E-state index >= 15 is 0 Å². The fourth-order valence-corrected chi connectivity index (χ4v) is 3.54. The molecule has 0 unspecified atom stereocenters. The van der Waals surface area contributed by atoms with Crippen LogP contribution in [0.1, 0.15) is 34.1 Å². The van der Waals surface area contributed by atoms with Crippen molar-refractivity contribution < 1.29 is 9.53 Å². The number of nitrogens with zero attached hydrogens (tertiary/aromatic N) is 1. The second kappa shape index (κ2) is 6.64. The first kappa shape index (κ1) is 16.3. The Bertz CT molecular complexity index is 1100. The molecule has 4 aromatic rings. The molecule has 0 fully saturated rings. The van der Waals surface area contributed by atoms with Gasteiger partial charge < -0.3 is 9.72 Å². The van der Waals surface area contributed by atoms with Gasteiger partial charge in [-0.15, -0.1) is 0 Å². The molecule has 4 rings (SSSR count). The maximum atomic E-state index is 12.2. The molecule has 0 bridgehead atoms. The van der Waals surface area contributed by atoms with Gasteiger partial charge in [0.1, 0.15) is 0 Å². The molecular weight excluding hydrogens is 324 g/mol. The number of benzene rings is 2. The van der Waals surface area contributed by atoms with Crippen LogP contribution in [0, 0.1) is 6.92 Å². The van der Waals surface area contributed by atoms with Crippen LogP contribution < -0.4 is 0 Å². The molecule has 0 spiro atoms. The molecule has 4 heteroatoms. The van der Waals surface area contributed by atoms with E-state index in [1.807, 2.05) is 13.0 Å². The third-order valence-corrected chi connectivity index (χ3v) is 4.70. The number of carbonyl (C=O) groups excluding carboxylic acids is 1. The first-order chi connectivity index (χ1) is 12.7. The molecule has 2 aromatic heterocycles. The van der Waals surface area contributed by atoms with E-state index in [0.29, 0.717) is 12.3 Å². The zero-order chi connectivity index (χ0) is 18.1. The van der Waals surface area contributed by atoms with Crippen molar-refractivity contribution in [2.24, 2.45) is 0 Å². The molecule has 2 heterocycles. The van der Waals surface area contributed by atoms with E-state index in [0.717, 1.165) is 33.8 Å². The van der Waals surface area contributed by atoms with Gasteiger partial charge in [-0.3, -0.25) is 0 Å². The summed E-state index contributed by atoms with van der Waals surface area (Å²) in [5, 5.41) is 2.20. The molecule has 0 saturated heterocycles. The van der Waals surface area contributed by atoms with Crippen molar-refractivity contribution in [2.45, 2.75) is 20.3 Å². The summed E-state index contributed by atoms with van der Waals surface area (Å²) < 4.78 is 5.16. The van der Waals surface area contributed by atoms with Crippen molar-refractivity contribution in [1.82, 2.24) is 9.97 Å². The normalized spacial score (nSPS) is 11.2. The van der Waals surface area contributed by atoms with Crippen LogP contribution in [-0.2, 0) is 11.2 Å². The van der Waals surface area contributed by atoms with E-state index < -0.39 is 0 Å². The Hall–Kier alpha value is -3.14. The fourth-order valence-electron chi connectivity index (χ4n) is 3.54. The Kier molecular flexibility index (Phi) is 4.17. The number of aromatic nitrogens is 2. The van der Waals surface area contributed by atoms with Gasteiger partial charge >= 0.3 is 5.97 Å². The average molecular weight is 344 g/mol. The Balaban J connectivity index is 1.94. The standard InChI is InChI=1S/C22H20N2O2/c1-3-26-22(25)21-14(2)19-18(13-23-21)24-17-11-7-10-16(20(17)19)12-15-8-5-4-6-9-15/h4-11,13,24H,3,12H2,1-2H3. The lowest BCUT2D eigenvalue weighted by atomic mass is 9.98. The zero-order valence-corrected chi connectivity index (χ0v) is 14.9. The molecule has 0 radical (unpaired) electrons. The Morgan fingerprint density at radius 1 is 1.04 bits per heavy atom. The van der Waals surface area contributed by atoms with Gasteiger partial charge in [-0.1, -0.05) is 42.5 Å². The number of ether oxygens (including phenoxy) is 1. The van der Waals surface area contributed by atoms with Crippen molar-refractivity contribution in [3.05, 3.63) is 77.1 Å². The quantitative estimate of drug-likeness (QED) is 0.541. The molecule has 4 nitrogen and oxygen atoms in total. The van der Waals surface area contributed by atoms with Gasteiger partial charge in [0, 0.05) is 16.3 Å². The molecule has 26 heavy (non-hydrogen) atoms. The summed E-state index contributed by atoms with van der Waals surface area (Å²) in [4.78, 5) is 20.0. The highest BCUT2D eigenvalue weighted by molar-refractivity contribution is 6.12. The van der Waals surface area contributed by atoms with Gasteiger partial charge in [-0.2, -0.15) is 0 Å². The maximum Gasteiger partial charge on any atom is 0.357 e. The molecule has 130 valence electrons. The number of esters is 1. The summed E-state index contributed by atoms with van der Waals surface area (Å²) in [6, 6.07) is 16.7. The topological polar surface area (TPSA) is 55.0 Å². The molecule has 0 atom stereocenters. The van der Waals surface area contributed by atoms with E-state index in [-0.39, 0.29) is 5.97 Å². The number of aryl methyl sites for hydroxylation is 1. The summed E-state index contributed by atoms with van der Waals surface area (Å²) in [5.74, 6) is -0.373. The van der Waals surface area contributed by atoms with Crippen molar-refractivity contribution in [3.8, 4) is 0 Å². The van der Waals surface area contributed by atoms with E-state index in [1.165, 1.54) is 11.1 Å². The minimum Gasteiger partial charge on any atom is -0.461 e. The number of carbonyl (C=O) groups is 1. The van der Waals surface area contributed by atoms with Gasteiger partial charge in [0.05, 0.1) is 18.3 Å². The van der Waals surface area contributed by atoms with Crippen LogP contribution in [0.15, 0.2) is 54.7 Å². The lowest BCUT2D eigenvalue weighted by molar-refractivity contribution is 0.0519. The first-order valence-corrected chi connectivity index (χ1v) is 8.79. The Labute approximate surface area is 151 Å². The lowest BCUT2D eigenvalue weighted by Gasteiger charge is -2.08. The van der Waals surface area contributed by atoms with Crippen molar-refractivity contribution in [1.29, 1.82) is 0 Å². The highest BCUT2D eigenvalue weighted by Gasteiger charge is 2.18. The summed E-state index contributed by atoms with van der Waals surface area (Å²) >= 11 is 0. The predicted molar refractivity (Wildman–Crippen MR) is 104 cm³/mol. The number of aromatic amines is 1. The number of hydrogen-bond donors (Lipinski definition) is 1. The van der Waals surface area contributed by atoms with E-state index in [9.17, 15) is 4.79 Å². The number of pyridine rings is 1. The number of fused-ring (bicyclic) bond motifs is 3. The van der Waals surface area contributed by atoms with Crippen LogP contribution in [0.4, 0.5) is 0 Å².